The van der Waals surface area contributed by atoms with Crippen LogP contribution in [0.2, 0.25) is 32.2 Å². The molecule has 4 heteroatoms. The number of methoxy groups -OCH3 is 1. The fourth-order valence-corrected chi connectivity index (χ4v) is 8.59. The van der Waals surface area contributed by atoms with Gasteiger partial charge in [0.15, 0.2) is 13.6 Å². The third-order valence-electron chi connectivity index (χ3n) is 3.74. The minimum absolute atomic E-state index is 0.293. The van der Waals surface area contributed by atoms with E-state index in [1.54, 1.807) is 7.11 Å². The third-order valence-corrected chi connectivity index (χ3v) is 20.3. The van der Waals surface area contributed by atoms with Gasteiger partial charge in [-0.2, -0.15) is 0 Å². The van der Waals surface area contributed by atoms with Crippen molar-refractivity contribution in [3.05, 3.63) is 0 Å². The standard InChI is InChI=1S/C9H22O2Si2/c1-9(10-2)7-8-12(3,4)13(5,6)11-9/h7-8H2,1-6H3. The molecule has 1 saturated heterocycles. The lowest BCUT2D eigenvalue weighted by Gasteiger charge is -2.49. The van der Waals surface area contributed by atoms with Crippen molar-refractivity contribution < 1.29 is 9.16 Å². The molecule has 1 aliphatic heterocycles. The van der Waals surface area contributed by atoms with Crippen LogP contribution < -0.4 is 0 Å². The largest absolute Gasteiger partial charge is 0.393 e. The number of ether oxygens (including phenoxy) is 1. The molecule has 0 aromatic rings. The Bertz CT molecular complexity index is 204. The van der Waals surface area contributed by atoms with Gasteiger partial charge in [-0.25, -0.2) is 0 Å². The summed E-state index contributed by atoms with van der Waals surface area (Å²) >= 11 is 0. The summed E-state index contributed by atoms with van der Waals surface area (Å²) in [6.45, 7) is 11.7. The summed E-state index contributed by atoms with van der Waals surface area (Å²) in [4.78, 5) is 0. The summed E-state index contributed by atoms with van der Waals surface area (Å²) in [5.74, 6) is -0.293. The second-order valence-corrected chi connectivity index (χ2v) is 20.5. The lowest BCUT2D eigenvalue weighted by molar-refractivity contribution is -0.159. The highest BCUT2D eigenvalue weighted by molar-refractivity contribution is 7.38. The van der Waals surface area contributed by atoms with Gasteiger partial charge >= 0.3 is 0 Å². The predicted molar refractivity (Wildman–Crippen MR) is 60.9 cm³/mol. The van der Waals surface area contributed by atoms with Crippen LogP contribution in [0, 0.1) is 0 Å². The van der Waals surface area contributed by atoms with Crippen LogP contribution in [0.1, 0.15) is 13.3 Å². The van der Waals surface area contributed by atoms with Crippen molar-refractivity contribution >= 4 is 15.4 Å². The van der Waals surface area contributed by atoms with Crippen molar-refractivity contribution in [2.75, 3.05) is 7.11 Å². The Hall–Kier alpha value is 0.354. The van der Waals surface area contributed by atoms with E-state index in [0.717, 1.165) is 6.42 Å². The predicted octanol–water partition coefficient (Wildman–Crippen LogP) is 2.76. The molecule has 2 nitrogen and oxygen atoms in total. The van der Waals surface area contributed by atoms with E-state index in [1.807, 2.05) is 0 Å². The van der Waals surface area contributed by atoms with Gasteiger partial charge in [0.25, 0.3) is 0 Å². The van der Waals surface area contributed by atoms with E-state index in [4.69, 9.17) is 9.16 Å². The monoisotopic (exact) mass is 218 g/mol. The summed E-state index contributed by atoms with van der Waals surface area (Å²) in [6, 6.07) is 1.34. The maximum Gasteiger partial charge on any atom is 0.177 e. The van der Waals surface area contributed by atoms with Crippen molar-refractivity contribution in [2.24, 2.45) is 0 Å². The van der Waals surface area contributed by atoms with Crippen LogP contribution in [0.4, 0.5) is 0 Å². The van der Waals surface area contributed by atoms with Gasteiger partial charge in [-0.05, 0) is 26.4 Å². The molecule has 13 heavy (non-hydrogen) atoms. The van der Waals surface area contributed by atoms with E-state index in [9.17, 15) is 0 Å². The Morgan fingerprint density at radius 3 is 2.15 bits per heavy atom. The van der Waals surface area contributed by atoms with Crippen molar-refractivity contribution in [3.8, 4) is 0 Å². The Morgan fingerprint density at radius 2 is 1.77 bits per heavy atom. The first-order chi connectivity index (χ1) is 5.72. The molecule has 1 heterocycles. The molecule has 1 rings (SSSR count). The topological polar surface area (TPSA) is 18.5 Å². The van der Waals surface area contributed by atoms with Gasteiger partial charge in [0.05, 0.1) is 7.59 Å². The Labute approximate surface area is 83.6 Å². The molecule has 0 aliphatic carbocycles. The summed E-state index contributed by atoms with van der Waals surface area (Å²) in [6.07, 6.45) is 1.07. The first-order valence-corrected chi connectivity index (χ1v) is 12.1. The van der Waals surface area contributed by atoms with E-state index in [0.29, 0.717) is 0 Å². The van der Waals surface area contributed by atoms with Gasteiger partial charge < -0.3 is 9.16 Å². The molecule has 0 aromatic carbocycles. The smallest absolute Gasteiger partial charge is 0.177 e. The molecule has 1 atom stereocenters. The molecule has 0 spiro atoms. The molecule has 78 valence electrons. The van der Waals surface area contributed by atoms with E-state index in [2.05, 4.69) is 33.1 Å². The first-order valence-electron chi connectivity index (χ1n) is 4.98. The molecular formula is C9H22O2Si2. The summed E-state index contributed by atoms with van der Waals surface area (Å²) in [7, 11) is -0.793. The fourth-order valence-electron chi connectivity index (χ4n) is 1.71. The summed E-state index contributed by atoms with van der Waals surface area (Å²) in [5.41, 5.74) is 0. The SMILES string of the molecule is COC1(C)CC[Si](C)(C)[Si](C)(C)O1. The van der Waals surface area contributed by atoms with Crippen LogP contribution >= 0.6 is 0 Å². The zero-order chi connectivity index (χ0) is 10.3. The molecule has 0 saturated carbocycles. The van der Waals surface area contributed by atoms with Crippen LogP contribution in [-0.4, -0.2) is 28.3 Å². The van der Waals surface area contributed by atoms with E-state index in [1.165, 1.54) is 6.04 Å². The molecule has 1 aliphatic rings. The van der Waals surface area contributed by atoms with Crippen LogP contribution in [0.15, 0.2) is 0 Å². The van der Waals surface area contributed by atoms with E-state index in [-0.39, 0.29) is 5.79 Å². The zero-order valence-electron chi connectivity index (χ0n) is 9.73. The maximum absolute atomic E-state index is 6.20. The zero-order valence-corrected chi connectivity index (χ0v) is 11.7. The average Bonchev–Trinajstić information content (AvgIpc) is 1.98. The van der Waals surface area contributed by atoms with Gasteiger partial charge in [0, 0.05) is 7.11 Å². The molecule has 1 fully saturated rings. The Kier molecular flexibility index (Phi) is 2.80. The molecule has 0 N–H and O–H groups in total. The van der Waals surface area contributed by atoms with Crippen LogP contribution in [0.3, 0.4) is 0 Å². The van der Waals surface area contributed by atoms with Gasteiger partial charge in [0.2, 0.25) is 0 Å². The van der Waals surface area contributed by atoms with Gasteiger partial charge in [-0.15, -0.1) is 0 Å². The molecular weight excluding hydrogens is 196 g/mol. The normalized spacial score (nSPS) is 37.4. The van der Waals surface area contributed by atoms with Crippen molar-refractivity contribution in [1.29, 1.82) is 0 Å². The molecule has 0 radical (unpaired) electrons. The Balaban J connectivity index is 2.82. The lowest BCUT2D eigenvalue weighted by Crippen LogP contribution is -2.65. The van der Waals surface area contributed by atoms with Gasteiger partial charge in [-0.1, -0.05) is 19.1 Å². The van der Waals surface area contributed by atoms with Crippen LogP contribution in [0.5, 0.6) is 0 Å². The first kappa shape index (κ1) is 11.4. The number of rotatable bonds is 1. The van der Waals surface area contributed by atoms with Crippen molar-refractivity contribution in [3.63, 3.8) is 0 Å². The van der Waals surface area contributed by atoms with Crippen LogP contribution in [0.25, 0.3) is 0 Å². The van der Waals surface area contributed by atoms with Crippen molar-refractivity contribution in [2.45, 2.75) is 51.4 Å². The van der Waals surface area contributed by atoms with E-state index < -0.39 is 15.4 Å². The second-order valence-electron chi connectivity index (χ2n) is 5.33. The minimum Gasteiger partial charge on any atom is -0.393 e. The van der Waals surface area contributed by atoms with Crippen LogP contribution in [-0.2, 0) is 9.16 Å². The molecule has 0 amide bonds. The summed E-state index contributed by atoms with van der Waals surface area (Å²) in [5, 5.41) is 0. The second kappa shape index (κ2) is 3.19. The highest BCUT2D eigenvalue weighted by Crippen LogP contribution is 2.38. The minimum atomic E-state index is -1.46. The number of hydrogen-bond donors (Lipinski definition) is 0. The third kappa shape index (κ3) is 2.06. The highest BCUT2D eigenvalue weighted by atomic mass is 29.3. The fraction of sp³-hybridized carbons (Fsp3) is 1.00. The highest BCUT2D eigenvalue weighted by Gasteiger charge is 2.51. The number of hydrogen-bond acceptors (Lipinski definition) is 2. The molecule has 0 aromatic heterocycles. The molecule has 1 unspecified atom stereocenters. The maximum atomic E-state index is 6.20. The Morgan fingerprint density at radius 1 is 1.23 bits per heavy atom. The quantitative estimate of drug-likeness (QED) is 0.630. The average molecular weight is 218 g/mol. The van der Waals surface area contributed by atoms with E-state index >= 15 is 0 Å². The van der Waals surface area contributed by atoms with Gasteiger partial charge in [-0.3, -0.25) is 0 Å². The molecule has 0 bridgehead atoms. The van der Waals surface area contributed by atoms with Gasteiger partial charge in [0.1, 0.15) is 0 Å². The lowest BCUT2D eigenvalue weighted by atomic mass is 10.2. The van der Waals surface area contributed by atoms with Crippen molar-refractivity contribution in [1.82, 2.24) is 0 Å². The summed E-state index contributed by atoms with van der Waals surface area (Å²) < 4.78 is 11.6.